The second kappa shape index (κ2) is 6.94. The molecule has 2 N–H and O–H groups in total. The standard InChI is InChI=1S/C17H27N3O/c1-17(2,3)19-16(21)18-15-9-11-20(12-10-15)13-14-7-5-4-6-8-14/h4-8,15H,9-13H2,1-3H3,(H2,18,19,21). The van der Waals surface area contributed by atoms with Crippen molar-refractivity contribution in [1.29, 1.82) is 0 Å². The van der Waals surface area contributed by atoms with Crippen molar-refractivity contribution in [2.75, 3.05) is 13.1 Å². The number of rotatable bonds is 3. The SMILES string of the molecule is CC(C)(C)NC(=O)NC1CCN(Cc2ccccc2)CC1. The van der Waals surface area contributed by atoms with Crippen LogP contribution in [0.3, 0.4) is 0 Å². The minimum atomic E-state index is -0.182. The smallest absolute Gasteiger partial charge is 0.315 e. The monoisotopic (exact) mass is 289 g/mol. The Labute approximate surface area is 127 Å². The normalized spacial score (nSPS) is 17.5. The highest BCUT2D eigenvalue weighted by Gasteiger charge is 2.22. The molecule has 0 aliphatic carbocycles. The number of urea groups is 1. The largest absolute Gasteiger partial charge is 0.335 e. The van der Waals surface area contributed by atoms with Gasteiger partial charge in [0.1, 0.15) is 0 Å². The topological polar surface area (TPSA) is 44.4 Å². The van der Waals surface area contributed by atoms with E-state index in [4.69, 9.17) is 0 Å². The molecule has 4 nitrogen and oxygen atoms in total. The molecule has 116 valence electrons. The van der Waals surface area contributed by atoms with Crippen molar-refractivity contribution in [3.8, 4) is 0 Å². The van der Waals surface area contributed by atoms with E-state index in [1.165, 1.54) is 5.56 Å². The predicted octanol–water partition coefficient (Wildman–Crippen LogP) is 2.75. The van der Waals surface area contributed by atoms with E-state index in [9.17, 15) is 4.79 Å². The number of nitrogens with zero attached hydrogens (tertiary/aromatic N) is 1. The third-order valence-electron chi connectivity index (χ3n) is 3.66. The van der Waals surface area contributed by atoms with Gasteiger partial charge in [0.2, 0.25) is 0 Å². The summed E-state index contributed by atoms with van der Waals surface area (Å²) in [5, 5.41) is 6.04. The highest BCUT2D eigenvalue weighted by atomic mass is 16.2. The van der Waals surface area contributed by atoms with Crippen LogP contribution < -0.4 is 10.6 Å². The molecule has 0 saturated carbocycles. The zero-order chi connectivity index (χ0) is 15.3. The summed E-state index contributed by atoms with van der Waals surface area (Å²) >= 11 is 0. The van der Waals surface area contributed by atoms with Gasteiger partial charge in [-0.1, -0.05) is 30.3 Å². The summed E-state index contributed by atoms with van der Waals surface area (Å²) in [4.78, 5) is 14.3. The van der Waals surface area contributed by atoms with Gasteiger partial charge in [-0.15, -0.1) is 0 Å². The summed E-state index contributed by atoms with van der Waals surface area (Å²) in [6, 6.07) is 10.8. The molecule has 0 atom stereocenters. The average molecular weight is 289 g/mol. The summed E-state index contributed by atoms with van der Waals surface area (Å²) in [7, 11) is 0. The molecular weight excluding hydrogens is 262 g/mol. The quantitative estimate of drug-likeness (QED) is 0.898. The van der Waals surface area contributed by atoms with Gasteiger partial charge in [-0.25, -0.2) is 4.79 Å². The molecule has 1 aromatic rings. The van der Waals surface area contributed by atoms with Crippen LogP contribution in [0.15, 0.2) is 30.3 Å². The second-order valence-electron chi connectivity index (χ2n) is 6.88. The fraction of sp³-hybridized carbons (Fsp3) is 0.588. The van der Waals surface area contributed by atoms with Crippen molar-refractivity contribution in [3.63, 3.8) is 0 Å². The van der Waals surface area contributed by atoms with E-state index in [0.717, 1.165) is 32.5 Å². The molecule has 1 aliphatic heterocycles. The number of likely N-dealkylation sites (tertiary alicyclic amines) is 1. The van der Waals surface area contributed by atoms with Gasteiger partial charge < -0.3 is 10.6 Å². The first-order valence-corrected chi connectivity index (χ1v) is 7.77. The van der Waals surface area contributed by atoms with E-state index in [1.807, 2.05) is 26.8 Å². The Bertz CT molecular complexity index is 445. The molecule has 0 unspecified atom stereocenters. The first-order valence-electron chi connectivity index (χ1n) is 7.77. The third-order valence-corrected chi connectivity index (χ3v) is 3.66. The first kappa shape index (κ1) is 15.8. The number of carbonyl (C=O) groups is 1. The Hall–Kier alpha value is -1.55. The molecule has 1 aromatic carbocycles. The van der Waals surface area contributed by atoms with E-state index in [-0.39, 0.29) is 11.6 Å². The van der Waals surface area contributed by atoms with Gasteiger partial charge in [-0.05, 0) is 39.2 Å². The number of nitrogens with one attached hydrogen (secondary N) is 2. The van der Waals surface area contributed by atoms with Gasteiger partial charge in [0, 0.05) is 31.2 Å². The van der Waals surface area contributed by atoms with E-state index >= 15 is 0 Å². The van der Waals surface area contributed by atoms with Gasteiger partial charge in [0.05, 0.1) is 0 Å². The number of hydrogen-bond donors (Lipinski definition) is 2. The van der Waals surface area contributed by atoms with Crippen molar-refractivity contribution in [3.05, 3.63) is 35.9 Å². The van der Waals surface area contributed by atoms with Crippen LogP contribution in [0.25, 0.3) is 0 Å². The molecule has 1 heterocycles. The Morgan fingerprint density at radius 1 is 1.19 bits per heavy atom. The maximum absolute atomic E-state index is 11.9. The Kier molecular flexibility index (Phi) is 5.23. The number of hydrogen-bond acceptors (Lipinski definition) is 2. The van der Waals surface area contributed by atoms with Crippen molar-refractivity contribution in [2.45, 2.75) is 51.7 Å². The van der Waals surface area contributed by atoms with Crippen LogP contribution in [-0.2, 0) is 6.54 Å². The molecule has 2 rings (SSSR count). The minimum Gasteiger partial charge on any atom is -0.335 e. The lowest BCUT2D eigenvalue weighted by molar-refractivity contribution is 0.184. The molecule has 1 aliphatic rings. The zero-order valence-corrected chi connectivity index (χ0v) is 13.4. The molecule has 0 aromatic heterocycles. The van der Waals surface area contributed by atoms with Crippen LogP contribution in [0.2, 0.25) is 0 Å². The maximum atomic E-state index is 11.9. The van der Waals surface area contributed by atoms with Gasteiger partial charge in [0.15, 0.2) is 0 Å². The van der Waals surface area contributed by atoms with Crippen LogP contribution >= 0.6 is 0 Å². The Morgan fingerprint density at radius 2 is 1.81 bits per heavy atom. The van der Waals surface area contributed by atoms with Gasteiger partial charge in [-0.3, -0.25) is 4.90 Å². The number of amides is 2. The fourth-order valence-corrected chi connectivity index (χ4v) is 2.64. The lowest BCUT2D eigenvalue weighted by atomic mass is 10.0. The van der Waals surface area contributed by atoms with Gasteiger partial charge in [0.25, 0.3) is 0 Å². The van der Waals surface area contributed by atoms with E-state index in [1.54, 1.807) is 0 Å². The molecule has 4 heteroatoms. The van der Waals surface area contributed by atoms with Crippen LogP contribution in [0, 0.1) is 0 Å². The van der Waals surface area contributed by atoms with Crippen LogP contribution in [0.1, 0.15) is 39.2 Å². The van der Waals surface area contributed by atoms with E-state index in [0.29, 0.717) is 6.04 Å². The molecule has 0 radical (unpaired) electrons. The predicted molar refractivity (Wildman–Crippen MR) is 86.2 cm³/mol. The van der Waals surface area contributed by atoms with Crippen LogP contribution in [0.5, 0.6) is 0 Å². The number of carbonyl (C=O) groups excluding carboxylic acids is 1. The summed E-state index contributed by atoms with van der Waals surface area (Å²) < 4.78 is 0. The van der Waals surface area contributed by atoms with Gasteiger partial charge >= 0.3 is 6.03 Å². The van der Waals surface area contributed by atoms with Crippen molar-refractivity contribution in [1.82, 2.24) is 15.5 Å². The van der Waals surface area contributed by atoms with Crippen molar-refractivity contribution >= 4 is 6.03 Å². The number of benzene rings is 1. The minimum absolute atomic E-state index is 0.0518. The maximum Gasteiger partial charge on any atom is 0.315 e. The van der Waals surface area contributed by atoms with E-state index in [2.05, 4.69) is 39.8 Å². The summed E-state index contributed by atoms with van der Waals surface area (Å²) in [5.74, 6) is 0. The van der Waals surface area contributed by atoms with Gasteiger partial charge in [-0.2, -0.15) is 0 Å². The molecule has 21 heavy (non-hydrogen) atoms. The molecule has 2 amide bonds. The Morgan fingerprint density at radius 3 is 2.38 bits per heavy atom. The number of piperidine rings is 1. The third kappa shape index (κ3) is 5.76. The second-order valence-corrected chi connectivity index (χ2v) is 6.88. The Balaban J connectivity index is 1.72. The zero-order valence-electron chi connectivity index (χ0n) is 13.4. The summed E-state index contributed by atoms with van der Waals surface area (Å²) in [6.45, 7) is 9.06. The molecule has 0 spiro atoms. The van der Waals surface area contributed by atoms with Crippen molar-refractivity contribution < 1.29 is 4.79 Å². The van der Waals surface area contributed by atoms with Crippen LogP contribution in [-0.4, -0.2) is 35.6 Å². The highest BCUT2D eigenvalue weighted by Crippen LogP contribution is 2.14. The molecule has 1 saturated heterocycles. The van der Waals surface area contributed by atoms with E-state index < -0.39 is 0 Å². The average Bonchev–Trinajstić information content (AvgIpc) is 2.40. The lowest BCUT2D eigenvalue weighted by Gasteiger charge is -2.33. The lowest BCUT2D eigenvalue weighted by Crippen LogP contribution is -2.52. The van der Waals surface area contributed by atoms with Crippen molar-refractivity contribution in [2.24, 2.45) is 0 Å². The molecular formula is C17H27N3O. The summed E-state index contributed by atoms with van der Waals surface area (Å²) in [5.41, 5.74) is 1.17. The first-order chi connectivity index (χ1) is 9.92. The highest BCUT2D eigenvalue weighted by molar-refractivity contribution is 5.74. The summed E-state index contributed by atoms with van der Waals surface area (Å²) in [6.07, 6.45) is 2.04. The molecule has 0 bridgehead atoms. The van der Waals surface area contributed by atoms with Crippen LogP contribution in [0.4, 0.5) is 4.79 Å². The fourth-order valence-electron chi connectivity index (χ4n) is 2.64. The molecule has 1 fully saturated rings.